The van der Waals surface area contributed by atoms with Crippen LogP contribution in [0.1, 0.15) is 10.4 Å². The molecule has 23 heavy (non-hydrogen) atoms. The van der Waals surface area contributed by atoms with Crippen LogP contribution in [-0.4, -0.2) is 24.0 Å². The summed E-state index contributed by atoms with van der Waals surface area (Å²) in [5.74, 6) is 0.431. The Bertz CT molecular complexity index is 776. The van der Waals surface area contributed by atoms with Gasteiger partial charge in [0.25, 0.3) is 11.6 Å². The number of halogens is 1. The predicted molar refractivity (Wildman–Crippen MR) is 83.5 cm³/mol. The minimum Gasteiger partial charge on any atom is -0.486 e. The average Bonchev–Trinajstić information content (AvgIpc) is 2.55. The largest absolute Gasteiger partial charge is 0.486 e. The third-order valence-electron chi connectivity index (χ3n) is 3.20. The first-order valence-corrected chi connectivity index (χ1v) is 7.07. The Labute approximate surface area is 135 Å². The molecule has 0 unspecified atom stereocenters. The topological polar surface area (TPSA) is 90.7 Å². The van der Waals surface area contributed by atoms with E-state index in [0.717, 1.165) is 0 Å². The number of ether oxygens (including phenoxy) is 2. The maximum absolute atomic E-state index is 12.3. The molecule has 0 saturated carbocycles. The Hall–Kier alpha value is -2.80. The van der Waals surface area contributed by atoms with Crippen LogP contribution in [0.15, 0.2) is 36.4 Å². The van der Waals surface area contributed by atoms with E-state index in [4.69, 9.17) is 21.1 Å². The van der Waals surface area contributed by atoms with Crippen molar-refractivity contribution in [2.45, 2.75) is 0 Å². The number of nitro benzene ring substituents is 1. The summed E-state index contributed by atoms with van der Waals surface area (Å²) in [5.41, 5.74) is 0.689. The maximum Gasteiger partial charge on any atom is 0.269 e. The average molecular weight is 335 g/mol. The molecule has 7 nitrogen and oxygen atoms in total. The predicted octanol–water partition coefficient (Wildman–Crippen LogP) is 3.27. The van der Waals surface area contributed by atoms with E-state index >= 15 is 0 Å². The third kappa shape index (κ3) is 3.19. The number of hydrogen-bond donors (Lipinski definition) is 1. The second-order valence-corrected chi connectivity index (χ2v) is 5.15. The van der Waals surface area contributed by atoms with Crippen molar-refractivity contribution in [1.29, 1.82) is 0 Å². The van der Waals surface area contributed by atoms with Crippen LogP contribution >= 0.6 is 11.6 Å². The molecular weight excluding hydrogens is 324 g/mol. The van der Waals surface area contributed by atoms with Gasteiger partial charge in [0.1, 0.15) is 13.2 Å². The van der Waals surface area contributed by atoms with Crippen LogP contribution in [0.25, 0.3) is 0 Å². The second kappa shape index (κ2) is 6.13. The molecule has 1 amide bonds. The summed E-state index contributed by atoms with van der Waals surface area (Å²) in [7, 11) is 0. The smallest absolute Gasteiger partial charge is 0.269 e. The lowest BCUT2D eigenvalue weighted by Crippen LogP contribution is -2.17. The van der Waals surface area contributed by atoms with Gasteiger partial charge in [0.15, 0.2) is 11.5 Å². The van der Waals surface area contributed by atoms with Crippen molar-refractivity contribution in [3.05, 3.63) is 57.1 Å². The molecule has 2 aromatic carbocycles. The van der Waals surface area contributed by atoms with Gasteiger partial charge in [-0.2, -0.15) is 0 Å². The lowest BCUT2D eigenvalue weighted by Gasteiger charge is -2.20. The first-order valence-electron chi connectivity index (χ1n) is 6.69. The van der Waals surface area contributed by atoms with Crippen molar-refractivity contribution in [3.63, 3.8) is 0 Å². The molecule has 0 bridgehead atoms. The van der Waals surface area contributed by atoms with Crippen LogP contribution in [0, 0.1) is 10.1 Å². The zero-order chi connectivity index (χ0) is 16.4. The number of carbonyl (C=O) groups excluding carboxylic acids is 1. The first-order chi connectivity index (χ1) is 11.0. The van der Waals surface area contributed by atoms with E-state index in [1.54, 1.807) is 6.07 Å². The zero-order valence-corrected chi connectivity index (χ0v) is 12.5. The molecule has 1 N–H and O–H groups in total. The van der Waals surface area contributed by atoms with Crippen molar-refractivity contribution >= 4 is 28.9 Å². The summed E-state index contributed by atoms with van der Waals surface area (Å²) in [6, 6.07) is 8.56. The number of nitrogens with one attached hydrogen (secondary N) is 1. The van der Waals surface area contributed by atoms with E-state index in [-0.39, 0.29) is 10.7 Å². The molecule has 1 aliphatic rings. The fraction of sp³-hybridized carbons (Fsp3) is 0.133. The summed E-state index contributed by atoms with van der Waals surface area (Å²) < 4.78 is 10.8. The summed E-state index contributed by atoms with van der Waals surface area (Å²) in [6.45, 7) is 0.789. The van der Waals surface area contributed by atoms with Crippen molar-refractivity contribution in [2.24, 2.45) is 0 Å². The monoisotopic (exact) mass is 334 g/mol. The van der Waals surface area contributed by atoms with Gasteiger partial charge in [0.05, 0.1) is 9.95 Å². The molecule has 0 aromatic heterocycles. The molecule has 2 aromatic rings. The quantitative estimate of drug-likeness (QED) is 0.687. The highest BCUT2D eigenvalue weighted by Crippen LogP contribution is 2.38. The summed E-state index contributed by atoms with van der Waals surface area (Å²) in [6.07, 6.45) is 0. The Morgan fingerprint density at radius 2 is 1.87 bits per heavy atom. The fourth-order valence-corrected chi connectivity index (χ4v) is 2.38. The summed E-state index contributed by atoms with van der Waals surface area (Å²) >= 11 is 6.09. The van der Waals surface area contributed by atoms with E-state index in [0.29, 0.717) is 36.0 Å². The molecular formula is C15H11ClN2O5. The lowest BCUT2D eigenvalue weighted by atomic mass is 10.1. The van der Waals surface area contributed by atoms with Gasteiger partial charge in [-0.3, -0.25) is 14.9 Å². The molecule has 0 spiro atoms. The highest BCUT2D eigenvalue weighted by Gasteiger charge is 2.19. The minimum absolute atomic E-state index is 0.0506. The molecule has 8 heteroatoms. The van der Waals surface area contributed by atoms with Gasteiger partial charge in [-0.1, -0.05) is 11.6 Å². The number of amides is 1. The van der Waals surface area contributed by atoms with E-state index in [1.165, 1.54) is 30.3 Å². The summed E-state index contributed by atoms with van der Waals surface area (Å²) in [5, 5.41) is 13.5. The molecule has 0 fully saturated rings. The lowest BCUT2D eigenvalue weighted by molar-refractivity contribution is -0.384. The zero-order valence-electron chi connectivity index (χ0n) is 11.7. The van der Waals surface area contributed by atoms with Gasteiger partial charge in [-0.25, -0.2) is 0 Å². The minimum atomic E-state index is -0.508. The number of nitro groups is 1. The standard InChI is InChI=1S/C15H11ClN2O5/c16-12-7-9(8-13-14(12)23-6-5-22-13)15(19)17-10-1-3-11(4-2-10)18(20)21/h1-4,7-8H,5-6H2,(H,17,19). The van der Waals surface area contributed by atoms with Crippen molar-refractivity contribution < 1.29 is 19.2 Å². The molecule has 118 valence electrons. The molecule has 1 heterocycles. The molecule has 1 aliphatic heterocycles. The van der Waals surface area contributed by atoms with Crippen LogP contribution in [0.4, 0.5) is 11.4 Å². The van der Waals surface area contributed by atoms with E-state index in [2.05, 4.69) is 5.32 Å². The van der Waals surface area contributed by atoms with Crippen LogP contribution in [0.3, 0.4) is 0 Å². The molecule has 3 rings (SSSR count). The third-order valence-corrected chi connectivity index (χ3v) is 3.48. The number of hydrogen-bond acceptors (Lipinski definition) is 5. The van der Waals surface area contributed by atoms with Gasteiger partial charge in [0, 0.05) is 23.4 Å². The molecule has 0 atom stereocenters. The molecule has 0 saturated heterocycles. The SMILES string of the molecule is O=C(Nc1ccc([N+](=O)[O-])cc1)c1cc(Cl)c2c(c1)OCCO2. The van der Waals surface area contributed by atoms with Gasteiger partial charge in [-0.05, 0) is 24.3 Å². The number of benzene rings is 2. The van der Waals surface area contributed by atoms with Gasteiger partial charge in [0.2, 0.25) is 0 Å². The van der Waals surface area contributed by atoms with Gasteiger partial charge in [-0.15, -0.1) is 0 Å². The van der Waals surface area contributed by atoms with Crippen LogP contribution in [0.2, 0.25) is 5.02 Å². The second-order valence-electron chi connectivity index (χ2n) is 4.74. The highest BCUT2D eigenvalue weighted by atomic mass is 35.5. The first kappa shape index (κ1) is 15.1. The van der Waals surface area contributed by atoms with Crippen molar-refractivity contribution in [1.82, 2.24) is 0 Å². The van der Waals surface area contributed by atoms with Crippen molar-refractivity contribution in [2.75, 3.05) is 18.5 Å². The number of nitrogens with zero attached hydrogens (tertiary/aromatic N) is 1. The summed E-state index contributed by atoms with van der Waals surface area (Å²) in [4.78, 5) is 22.4. The molecule has 0 radical (unpaired) electrons. The van der Waals surface area contributed by atoms with E-state index < -0.39 is 10.8 Å². The number of carbonyl (C=O) groups is 1. The number of fused-ring (bicyclic) bond motifs is 1. The normalized spacial score (nSPS) is 12.6. The van der Waals surface area contributed by atoms with E-state index in [9.17, 15) is 14.9 Å². The fourth-order valence-electron chi connectivity index (χ4n) is 2.11. The Kier molecular flexibility index (Phi) is 4.03. The van der Waals surface area contributed by atoms with Crippen molar-refractivity contribution in [3.8, 4) is 11.5 Å². The van der Waals surface area contributed by atoms with Crippen LogP contribution < -0.4 is 14.8 Å². The number of anilines is 1. The van der Waals surface area contributed by atoms with E-state index in [1.807, 2.05) is 0 Å². The Morgan fingerprint density at radius 1 is 1.17 bits per heavy atom. The number of non-ortho nitro benzene ring substituents is 1. The Balaban J connectivity index is 1.80. The van der Waals surface area contributed by atoms with Crippen LogP contribution in [-0.2, 0) is 0 Å². The van der Waals surface area contributed by atoms with Gasteiger partial charge >= 0.3 is 0 Å². The highest BCUT2D eigenvalue weighted by molar-refractivity contribution is 6.32. The molecule has 0 aliphatic carbocycles. The van der Waals surface area contributed by atoms with Crippen LogP contribution in [0.5, 0.6) is 11.5 Å². The maximum atomic E-state index is 12.3. The Morgan fingerprint density at radius 3 is 2.57 bits per heavy atom. The number of rotatable bonds is 3. The van der Waals surface area contributed by atoms with Gasteiger partial charge < -0.3 is 14.8 Å².